The number of hydrogen-bond acceptors (Lipinski definition) is 0. The molecule has 2 aromatic rings. The summed E-state index contributed by atoms with van der Waals surface area (Å²) < 4.78 is 0. The molecule has 2 heteroatoms. The molecule has 2 radical (unpaired) electrons. The van der Waals surface area contributed by atoms with Crippen LogP contribution >= 0.6 is 23.2 Å². The van der Waals surface area contributed by atoms with E-state index in [0.717, 1.165) is 16.5 Å². The monoisotopic (exact) mass is 354 g/mol. The average molecular weight is 355 g/mol. The Hall–Kier alpha value is -1.24. The van der Waals surface area contributed by atoms with Gasteiger partial charge in [0.25, 0.3) is 0 Å². The Balaban J connectivity index is 1.83. The topological polar surface area (TPSA) is 0 Å². The van der Waals surface area contributed by atoms with Gasteiger partial charge in [-0.3, -0.25) is 0 Å². The summed E-state index contributed by atoms with van der Waals surface area (Å²) in [5, 5.41) is 1.60. The van der Waals surface area contributed by atoms with Gasteiger partial charge in [0.05, 0.1) is 0 Å². The average Bonchev–Trinajstić information content (AvgIpc) is 3.03. The van der Waals surface area contributed by atoms with Crippen molar-refractivity contribution in [2.45, 2.75) is 20.3 Å². The van der Waals surface area contributed by atoms with Gasteiger partial charge in [0.2, 0.25) is 0 Å². The van der Waals surface area contributed by atoms with E-state index < -0.39 is 0 Å². The lowest BCUT2D eigenvalue weighted by Gasteiger charge is -2.35. The summed E-state index contributed by atoms with van der Waals surface area (Å²) in [5.74, 6) is 3.94. The van der Waals surface area contributed by atoms with Crippen molar-refractivity contribution < 1.29 is 0 Å². The fourth-order valence-electron chi connectivity index (χ4n) is 4.71. The maximum absolute atomic E-state index is 6.28. The zero-order valence-electron chi connectivity index (χ0n) is 13.9. The molecule has 0 nitrogen and oxygen atoms in total. The molecule has 2 aliphatic rings. The van der Waals surface area contributed by atoms with Gasteiger partial charge in [-0.1, -0.05) is 73.5 Å². The number of benzene rings is 2. The fraction of sp³-hybridized carbons (Fsp3) is 0.273. The number of fused-ring (bicyclic) bond motifs is 1. The molecule has 0 N–H and O–H groups in total. The highest BCUT2D eigenvalue weighted by atomic mass is 35.5. The first-order valence-electron chi connectivity index (χ1n) is 8.41. The lowest BCUT2D eigenvalue weighted by atomic mass is 9.68. The Morgan fingerprint density at radius 2 is 1.46 bits per heavy atom. The molecule has 0 bridgehead atoms. The quantitative estimate of drug-likeness (QED) is 0.522. The van der Waals surface area contributed by atoms with Crippen molar-refractivity contribution in [3.63, 3.8) is 0 Å². The number of rotatable bonds is 2. The molecule has 0 aliphatic heterocycles. The van der Waals surface area contributed by atoms with Crippen LogP contribution in [0, 0.1) is 29.1 Å². The lowest BCUT2D eigenvalue weighted by Crippen LogP contribution is -2.26. The second kappa shape index (κ2) is 5.93. The van der Waals surface area contributed by atoms with Crippen molar-refractivity contribution in [3.05, 3.63) is 93.7 Å². The second-order valence-electron chi connectivity index (χ2n) is 7.27. The van der Waals surface area contributed by atoms with E-state index in [1.807, 2.05) is 18.2 Å². The van der Waals surface area contributed by atoms with Crippen molar-refractivity contribution in [3.8, 4) is 0 Å². The standard InChI is InChI=1S/C22H20Cl2/c1-22(2)20(14-6-3-8-16(23)12-14)18-10-5-11-19(18)21(22)15-7-4-9-17(24)13-15/h3-10,12-13,18-19H,11H2,1-2H3. The van der Waals surface area contributed by atoms with E-state index >= 15 is 0 Å². The predicted molar refractivity (Wildman–Crippen MR) is 102 cm³/mol. The van der Waals surface area contributed by atoms with Gasteiger partial charge in [-0.25, -0.2) is 0 Å². The highest BCUT2D eigenvalue weighted by Crippen LogP contribution is 2.64. The molecule has 122 valence electrons. The third kappa shape index (κ3) is 2.52. The van der Waals surface area contributed by atoms with Gasteiger partial charge in [-0.2, -0.15) is 0 Å². The Morgan fingerprint density at radius 1 is 0.875 bits per heavy atom. The van der Waals surface area contributed by atoms with Crippen LogP contribution < -0.4 is 0 Å². The van der Waals surface area contributed by atoms with Crippen molar-refractivity contribution >= 4 is 23.2 Å². The first kappa shape index (κ1) is 16.2. The molecule has 0 spiro atoms. The molecular weight excluding hydrogens is 335 g/mol. The van der Waals surface area contributed by atoms with Crippen LogP contribution in [0.1, 0.15) is 31.4 Å². The summed E-state index contributed by atoms with van der Waals surface area (Å²) in [6, 6.07) is 16.6. The van der Waals surface area contributed by atoms with E-state index in [9.17, 15) is 0 Å². The normalized spacial score (nSPS) is 26.0. The van der Waals surface area contributed by atoms with Gasteiger partial charge in [-0.05, 0) is 59.1 Å². The minimum Gasteiger partial charge on any atom is -0.0879 e. The third-order valence-corrected chi connectivity index (χ3v) is 5.96. The van der Waals surface area contributed by atoms with E-state index in [0.29, 0.717) is 11.8 Å². The summed E-state index contributed by atoms with van der Waals surface area (Å²) in [7, 11) is 0. The summed E-state index contributed by atoms with van der Waals surface area (Å²) >= 11 is 12.6. The van der Waals surface area contributed by atoms with Crippen LogP contribution in [0.15, 0.2) is 60.7 Å². The van der Waals surface area contributed by atoms with E-state index in [1.165, 1.54) is 23.0 Å². The first-order valence-corrected chi connectivity index (χ1v) is 9.17. The molecule has 2 unspecified atom stereocenters. The van der Waals surface area contributed by atoms with Crippen molar-refractivity contribution in [1.29, 1.82) is 0 Å². The Labute approximate surface area is 154 Å². The SMILES string of the molecule is CC1(C)[C](c2cccc(Cl)c2)C2C=CCC2[C]1c1cccc(Cl)c1. The van der Waals surface area contributed by atoms with Crippen LogP contribution in [0.5, 0.6) is 0 Å². The third-order valence-electron chi connectivity index (χ3n) is 5.49. The molecule has 4 rings (SSSR count). The van der Waals surface area contributed by atoms with Gasteiger partial charge in [0.15, 0.2) is 0 Å². The molecule has 1 saturated carbocycles. The van der Waals surface area contributed by atoms with Gasteiger partial charge in [0, 0.05) is 21.9 Å². The van der Waals surface area contributed by atoms with Crippen molar-refractivity contribution in [2.24, 2.45) is 17.3 Å². The van der Waals surface area contributed by atoms with Crippen LogP contribution in [0.2, 0.25) is 10.0 Å². The Bertz CT molecular complexity index is 790. The maximum atomic E-state index is 6.28. The van der Waals surface area contributed by atoms with E-state index in [1.54, 1.807) is 0 Å². The fourth-order valence-corrected chi connectivity index (χ4v) is 5.09. The summed E-state index contributed by atoms with van der Waals surface area (Å²) in [4.78, 5) is 0. The predicted octanol–water partition coefficient (Wildman–Crippen LogP) is 6.77. The first-order chi connectivity index (χ1) is 11.5. The molecule has 2 aromatic carbocycles. The molecule has 0 amide bonds. The van der Waals surface area contributed by atoms with Crippen LogP contribution in [-0.2, 0) is 0 Å². The second-order valence-corrected chi connectivity index (χ2v) is 8.14. The molecule has 0 saturated heterocycles. The molecule has 0 heterocycles. The Morgan fingerprint density at radius 3 is 2.04 bits per heavy atom. The molecular formula is C22H20Cl2. The van der Waals surface area contributed by atoms with E-state index in [2.05, 4.69) is 56.3 Å². The molecule has 0 aromatic heterocycles. The maximum Gasteiger partial charge on any atom is 0.0408 e. The largest absolute Gasteiger partial charge is 0.0879 e. The zero-order valence-corrected chi connectivity index (χ0v) is 15.4. The lowest BCUT2D eigenvalue weighted by molar-refractivity contribution is 0.451. The van der Waals surface area contributed by atoms with Crippen LogP contribution in [-0.4, -0.2) is 0 Å². The van der Waals surface area contributed by atoms with Crippen LogP contribution in [0.4, 0.5) is 0 Å². The van der Waals surface area contributed by atoms with Crippen molar-refractivity contribution in [2.75, 3.05) is 0 Å². The summed E-state index contributed by atoms with van der Waals surface area (Å²) in [6.07, 6.45) is 5.79. The van der Waals surface area contributed by atoms with Gasteiger partial charge >= 0.3 is 0 Å². The number of allylic oxidation sites excluding steroid dienone is 2. The van der Waals surface area contributed by atoms with Crippen LogP contribution in [0.3, 0.4) is 0 Å². The Kier molecular flexibility index (Phi) is 4.01. The van der Waals surface area contributed by atoms with E-state index in [-0.39, 0.29) is 5.41 Å². The molecule has 1 fully saturated rings. The molecule has 2 atom stereocenters. The minimum absolute atomic E-state index is 0.0184. The summed E-state index contributed by atoms with van der Waals surface area (Å²) in [6.45, 7) is 4.68. The minimum atomic E-state index is -0.0184. The van der Waals surface area contributed by atoms with Gasteiger partial charge in [-0.15, -0.1) is 0 Å². The number of halogens is 2. The highest BCUT2D eigenvalue weighted by Gasteiger charge is 2.56. The zero-order chi connectivity index (χ0) is 16.9. The molecule has 24 heavy (non-hydrogen) atoms. The smallest absolute Gasteiger partial charge is 0.0408 e. The van der Waals surface area contributed by atoms with E-state index in [4.69, 9.17) is 23.2 Å². The van der Waals surface area contributed by atoms with Gasteiger partial charge in [0.1, 0.15) is 0 Å². The number of hydrogen-bond donors (Lipinski definition) is 0. The van der Waals surface area contributed by atoms with Crippen LogP contribution in [0.25, 0.3) is 0 Å². The van der Waals surface area contributed by atoms with Crippen molar-refractivity contribution in [1.82, 2.24) is 0 Å². The highest BCUT2D eigenvalue weighted by molar-refractivity contribution is 6.31. The van der Waals surface area contributed by atoms with Gasteiger partial charge < -0.3 is 0 Å². The summed E-state index contributed by atoms with van der Waals surface area (Å²) in [5.41, 5.74) is 2.50. The molecule has 2 aliphatic carbocycles.